The van der Waals surface area contributed by atoms with Crippen LogP contribution in [0.2, 0.25) is 0 Å². The van der Waals surface area contributed by atoms with E-state index in [1.54, 1.807) is 22.0 Å². The van der Waals surface area contributed by atoms with Gasteiger partial charge in [-0.25, -0.2) is 9.48 Å². The van der Waals surface area contributed by atoms with Crippen LogP contribution >= 0.6 is 0 Å². The van der Waals surface area contributed by atoms with E-state index in [2.05, 4.69) is 10.3 Å². The summed E-state index contributed by atoms with van der Waals surface area (Å²) in [4.78, 5) is 13.9. The third-order valence-corrected chi connectivity index (χ3v) is 2.85. The standard InChI is InChI=1S/C12H20N4O2/c1-12(2,3)18-11(17)15-8-5-4-6-10(15)16-9-7-13-14-16/h7,9-10H,4-6,8H2,1-3H3. The highest BCUT2D eigenvalue weighted by Crippen LogP contribution is 2.26. The summed E-state index contributed by atoms with van der Waals surface area (Å²) in [5.74, 6) is 0. The number of rotatable bonds is 1. The first-order valence-corrected chi connectivity index (χ1v) is 6.33. The van der Waals surface area contributed by atoms with E-state index in [-0.39, 0.29) is 12.3 Å². The topological polar surface area (TPSA) is 60.2 Å². The first-order valence-electron chi connectivity index (χ1n) is 6.33. The van der Waals surface area contributed by atoms with Gasteiger partial charge in [0.25, 0.3) is 0 Å². The molecule has 100 valence electrons. The molecule has 0 bridgehead atoms. The zero-order valence-corrected chi connectivity index (χ0v) is 11.2. The molecule has 0 N–H and O–H groups in total. The molecular weight excluding hydrogens is 232 g/mol. The summed E-state index contributed by atoms with van der Waals surface area (Å²) >= 11 is 0. The Morgan fingerprint density at radius 1 is 1.39 bits per heavy atom. The van der Waals surface area contributed by atoms with Crippen LogP contribution in [-0.2, 0) is 4.74 Å². The molecule has 6 nitrogen and oxygen atoms in total. The van der Waals surface area contributed by atoms with Gasteiger partial charge in [0.15, 0.2) is 0 Å². The van der Waals surface area contributed by atoms with Gasteiger partial charge in [-0.15, -0.1) is 5.10 Å². The fourth-order valence-electron chi connectivity index (χ4n) is 2.10. The first kappa shape index (κ1) is 12.9. The molecule has 1 aliphatic heterocycles. The monoisotopic (exact) mass is 252 g/mol. The van der Waals surface area contributed by atoms with E-state index < -0.39 is 5.60 Å². The zero-order valence-electron chi connectivity index (χ0n) is 11.2. The van der Waals surface area contributed by atoms with Crippen LogP contribution in [0.15, 0.2) is 12.4 Å². The number of likely N-dealkylation sites (tertiary alicyclic amines) is 1. The van der Waals surface area contributed by atoms with Gasteiger partial charge >= 0.3 is 6.09 Å². The molecule has 0 aromatic carbocycles. The number of ether oxygens (including phenoxy) is 1. The van der Waals surface area contributed by atoms with Gasteiger partial charge in [-0.1, -0.05) is 5.21 Å². The predicted molar refractivity (Wildman–Crippen MR) is 65.9 cm³/mol. The van der Waals surface area contributed by atoms with Gasteiger partial charge in [0, 0.05) is 12.7 Å². The SMILES string of the molecule is CC(C)(C)OC(=O)N1CCCCC1n1ccnn1. The molecule has 1 amide bonds. The quantitative estimate of drug-likeness (QED) is 0.768. The van der Waals surface area contributed by atoms with Gasteiger partial charge < -0.3 is 4.74 Å². The normalized spacial score (nSPS) is 20.8. The van der Waals surface area contributed by atoms with E-state index in [0.29, 0.717) is 6.54 Å². The van der Waals surface area contributed by atoms with Crippen molar-refractivity contribution in [3.8, 4) is 0 Å². The molecule has 2 rings (SSSR count). The third kappa shape index (κ3) is 3.00. The molecule has 0 saturated carbocycles. The summed E-state index contributed by atoms with van der Waals surface area (Å²) in [6.07, 6.45) is 6.05. The third-order valence-electron chi connectivity index (χ3n) is 2.85. The molecule has 1 fully saturated rings. The van der Waals surface area contributed by atoms with Crippen molar-refractivity contribution >= 4 is 6.09 Å². The first-order chi connectivity index (χ1) is 8.47. The largest absolute Gasteiger partial charge is 0.444 e. The van der Waals surface area contributed by atoms with E-state index in [9.17, 15) is 4.79 Å². The summed E-state index contributed by atoms with van der Waals surface area (Å²) in [7, 11) is 0. The molecule has 1 aromatic rings. The number of hydrogen-bond acceptors (Lipinski definition) is 4. The number of piperidine rings is 1. The lowest BCUT2D eigenvalue weighted by Gasteiger charge is -2.36. The smallest absolute Gasteiger partial charge is 0.412 e. The summed E-state index contributed by atoms with van der Waals surface area (Å²) in [6.45, 7) is 6.33. The lowest BCUT2D eigenvalue weighted by Crippen LogP contribution is -2.44. The van der Waals surface area contributed by atoms with Crippen molar-refractivity contribution < 1.29 is 9.53 Å². The molecule has 1 aliphatic rings. The van der Waals surface area contributed by atoms with Gasteiger partial charge in [-0.3, -0.25) is 4.90 Å². The van der Waals surface area contributed by atoms with E-state index in [1.807, 2.05) is 20.8 Å². The fraction of sp³-hybridized carbons (Fsp3) is 0.750. The molecule has 1 atom stereocenters. The Morgan fingerprint density at radius 2 is 2.17 bits per heavy atom. The Kier molecular flexibility index (Phi) is 3.54. The zero-order chi connectivity index (χ0) is 13.2. The number of nitrogens with zero attached hydrogens (tertiary/aromatic N) is 4. The van der Waals surface area contributed by atoms with Gasteiger partial charge in [0.05, 0.1) is 6.20 Å². The number of amides is 1. The van der Waals surface area contributed by atoms with Crippen molar-refractivity contribution in [2.45, 2.75) is 51.8 Å². The second-order valence-corrected chi connectivity index (χ2v) is 5.53. The van der Waals surface area contributed by atoms with Gasteiger partial charge in [-0.05, 0) is 40.0 Å². The van der Waals surface area contributed by atoms with Crippen molar-refractivity contribution in [1.82, 2.24) is 19.9 Å². The number of aromatic nitrogens is 3. The lowest BCUT2D eigenvalue weighted by atomic mass is 10.1. The number of carbonyl (C=O) groups excluding carboxylic acids is 1. The molecule has 0 aliphatic carbocycles. The molecule has 0 radical (unpaired) electrons. The van der Waals surface area contributed by atoms with E-state index in [4.69, 9.17) is 4.74 Å². The van der Waals surface area contributed by atoms with Crippen LogP contribution in [0.5, 0.6) is 0 Å². The van der Waals surface area contributed by atoms with Crippen molar-refractivity contribution in [3.63, 3.8) is 0 Å². The molecule has 1 saturated heterocycles. The van der Waals surface area contributed by atoms with Crippen LogP contribution in [0, 0.1) is 0 Å². The molecule has 2 heterocycles. The molecule has 1 unspecified atom stereocenters. The van der Waals surface area contributed by atoms with Crippen molar-refractivity contribution in [1.29, 1.82) is 0 Å². The van der Waals surface area contributed by atoms with Crippen LogP contribution in [0.25, 0.3) is 0 Å². The highest BCUT2D eigenvalue weighted by atomic mass is 16.6. The van der Waals surface area contributed by atoms with Crippen LogP contribution in [-0.4, -0.2) is 38.1 Å². The van der Waals surface area contributed by atoms with Crippen LogP contribution in [0.3, 0.4) is 0 Å². The fourth-order valence-corrected chi connectivity index (χ4v) is 2.10. The van der Waals surface area contributed by atoms with Crippen molar-refractivity contribution in [2.24, 2.45) is 0 Å². The number of hydrogen-bond donors (Lipinski definition) is 0. The predicted octanol–water partition coefficient (Wildman–Crippen LogP) is 2.20. The molecule has 1 aromatic heterocycles. The maximum absolute atomic E-state index is 12.2. The Balaban J connectivity index is 2.11. The maximum Gasteiger partial charge on any atom is 0.412 e. The second-order valence-electron chi connectivity index (χ2n) is 5.53. The summed E-state index contributed by atoms with van der Waals surface area (Å²) in [6, 6.07) is 0. The van der Waals surface area contributed by atoms with Crippen LogP contribution in [0.4, 0.5) is 4.79 Å². The summed E-state index contributed by atoms with van der Waals surface area (Å²) in [5.41, 5.74) is -0.471. The Labute approximate surface area is 107 Å². The average Bonchev–Trinajstić information content (AvgIpc) is 2.80. The van der Waals surface area contributed by atoms with E-state index in [1.165, 1.54) is 0 Å². The second kappa shape index (κ2) is 4.96. The highest BCUT2D eigenvalue weighted by molar-refractivity contribution is 5.68. The maximum atomic E-state index is 12.2. The van der Waals surface area contributed by atoms with Gasteiger partial charge in [0.2, 0.25) is 0 Å². The van der Waals surface area contributed by atoms with E-state index >= 15 is 0 Å². The average molecular weight is 252 g/mol. The minimum Gasteiger partial charge on any atom is -0.444 e. The Hall–Kier alpha value is -1.59. The number of carbonyl (C=O) groups is 1. The van der Waals surface area contributed by atoms with Crippen LogP contribution < -0.4 is 0 Å². The van der Waals surface area contributed by atoms with E-state index in [0.717, 1.165) is 19.3 Å². The van der Waals surface area contributed by atoms with Crippen LogP contribution in [0.1, 0.15) is 46.2 Å². The highest BCUT2D eigenvalue weighted by Gasteiger charge is 2.31. The Bertz CT molecular complexity index is 397. The minimum atomic E-state index is -0.471. The Morgan fingerprint density at radius 3 is 2.78 bits per heavy atom. The molecule has 18 heavy (non-hydrogen) atoms. The van der Waals surface area contributed by atoms with Gasteiger partial charge in [0.1, 0.15) is 11.8 Å². The summed E-state index contributed by atoms with van der Waals surface area (Å²) in [5, 5.41) is 7.79. The molecular formula is C12H20N4O2. The summed E-state index contributed by atoms with van der Waals surface area (Å²) < 4.78 is 7.16. The molecule has 6 heteroatoms. The van der Waals surface area contributed by atoms with Crippen molar-refractivity contribution in [3.05, 3.63) is 12.4 Å². The van der Waals surface area contributed by atoms with Gasteiger partial charge in [-0.2, -0.15) is 0 Å². The van der Waals surface area contributed by atoms with Crippen molar-refractivity contribution in [2.75, 3.05) is 6.54 Å². The lowest BCUT2D eigenvalue weighted by molar-refractivity contribution is -0.00376. The molecule has 0 spiro atoms. The minimum absolute atomic E-state index is 0.0731.